The number of hydrogen-bond donors (Lipinski definition) is 1. The van der Waals surface area contributed by atoms with Gasteiger partial charge in [0.2, 0.25) is 0 Å². The van der Waals surface area contributed by atoms with Crippen LogP contribution in [0.5, 0.6) is 5.75 Å². The van der Waals surface area contributed by atoms with Gasteiger partial charge in [0.1, 0.15) is 18.2 Å². The molecule has 1 fully saturated rings. The molecule has 1 atom stereocenters. The Hall–Kier alpha value is -1.17. The lowest BCUT2D eigenvalue weighted by Crippen LogP contribution is -2.45. The maximum atomic E-state index is 13.3. The number of rotatable bonds is 5. The minimum Gasteiger partial charge on any atom is -0.492 e. The van der Waals surface area contributed by atoms with E-state index >= 15 is 0 Å². The van der Waals surface area contributed by atoms with Gasteiger partial charge in [0, 0.05) is 44.4 Å². The van der Waals surface area contributed by atoms with E-state index in [1.165, 1.54) is 12.1 Å². The number of aliphatic hydroxyl groups excluding tert-OH is 1. The van der Waals surface area contributed by atoms with E-state index in [-0.39, 0.29) is 5.82 Å². The Kier molecular flexibility index (Phi) is 5.34. The molecule has 0 spiro atoms. The zero-order chi connectivity index (χ0) is 14.5. The van der Waals surface area contributed by atoms with Gasteiger partial charge in [-0.3, -0.25) is 4.90 Å². The summed E-state index contributed by atoms with van der Waals surface area (Å²) in [5, 5.41) is 9.65. The van der Waals surface area contributed by atoms with Gasteiger partial charge in [-0.05, 0) is 26.1 Å². The molecule has 1 aliphatic heterocycles. The first-order chi connectivity index (χ1) is 9.56. The highest BCUT2D eigenvalue weighted by molar-refractivity contribution is 5.35. The van der Waals surface area contributed by atoms with Crippen LogP contribution in [0, 0.1) is 5.82 Å². The van der Waals surface area contributed by atoms with E-state index in [9.17, 15) is 9.50 Å². The second kappa shape index (κ2) is 7.02. The van der Waals surface area contributed by atoms with Crippen molar-refractivity contribution in [3.05, 3.63) is 29.6 Å². The predicted molar refractivity (Wildman–Crippen MR) is 76.5 cm³/mol. The summed E-state index contributed by atoms with van der Waals surface area (Å²) in [4.78, 5) is 4.64. The molecule has 1 aromatic rings. The molecule has 0 radical (unpaired) electrons. The molecule has 112 valence electrons. The van der Waals surface area contributed by atoms with Crippen molar-refractivity contribution in [1.82, 2.24) is 9.80 Å². The van der Waals surface area contributed by atoms with Crippen LogP contribution in [0.25, 0.3) is 0 Å². The predicted octanol–water partition coefficient (Wildman–Crippen LogP) is 1.51. The largest absolute Gasteiger partial charge is 0.492 e. The number of halogens is 1. The fourth-order valence-electron chi connectivity index (χ4n) is 2.33. The number of likely N-dealkylation sites (N-methyl/N-ethyl adjacent to an activating group) is 1. The highest BCUT2D eigenvalue weighted by Crippen LogP contribution is 2.25. The Morgan fingerprint density at radius 2 is 2.00 bits per heavy atom. The van der Waals surface area contributed by atoms with Crippen LogP contribution in [0.2, 0.25) is 0 Å². The molecule has 1 N–H and O–H groups in total. The van der Waals surface area contributed by atoms with E-state index in [1.54, 1.807) is 13.0 Å². The van der Waals surface area contributed by atoms with Gasteiger partial charge < -0.3 is 14.7 Å². The lowest BCUT2D eigenvalue weighted by Gasteiger charge is -2.32. The minimum absolute atomic E-state index is 0.344. The van der Waals surface area contributed by atoms with Crippen molar-refractivity contribution in [3.63, 3.8) is 0 Å². The molecule has 5 heteroatoms. The zero-order valence-electron chi connectivity index (χ0n) is 12.2. The lowest BCUT2D eigenvalue weighted by molar-refractivity contribution is 0.131. The Bertz CT molecular complexity index is 432. The molecule has 1 aromatic carbocycles. The maximum Gasteiger partial charge on any atom is 0.128 e. The van der Waals surface area contributed by atoms with E-state index in [0.29, 0.717) is 17.9 Å². The number of benzene rings is 1. The van der Waals surface area contributed by atoms with E-state index in [2.05, 4.69) is 16.8 Å². The minimum atomic E-state index is -0.658. The molecule has 4 nitrogen and oxygen atoms in total. The van der Waals surface area contributed by atoms with Gasteiger partial charge in [-0.15, -0.1) is 0 Å². The summed E-state index contributed by atoms with van der Waals surface area (Å²) in [5.74, 6) is 0.0955. The first kappa shape index (κ1) is 15.2. The van der Waals surface area contributed by atoms with Crippen molar-refractivity contribution >= 4 is 0 Å². The third kappa shape index (κ3) is 4.16. The number of hydrogen-bond acceptors (Lipinski definition) is 4. The van der Waals surface area contributed by atoms with Crippen molar-refractivity contribution in [1.29, 1.82) is 0 Å². The summed E-state index contributed by atoms with van der Waals surface area (Å²) >= 11 is 0. The molecule has 2 rings (SSSR count). The molecule has 1 heterocycles. The van der Waals surface area contributed by atoms with Crippen LogP contribution in [0.4, 0.5) is 4.39 Å². The van der Waals surface area contributed by atoms with Gasteiger partial charge in [-0.1, -0.05) is 0 Å². The third-order valence-electron chi connectivity index (χ3n) is 3.69. The quantitative estimate of drug-likeness (QED) is 0.888. The fraction of sp³-hybridized carbons (Fsp3) is 0.600. The van der Waals surface area contributed by atoms with Gasteiger partial charge in [-0.25, -0.2) is 4.39 Å². The average Bonchev–Trinajstić information content (AvgIpc) is 2.41. The Balaban J connectivity index is 1.86. The molecule has 0 unspecified atom stereocenters. The smallest absolute Gasteiger partial charge is 0.128 e. The van der Waals surface area contributed by atoms with E-state index in [0.717, 1.165) is 32.7 Å². The number of aliphatic hydroxyl groups is 1. The van der Waals surface area contributed by atoms with Crippen LogP contribution in [-0.2, 0) is 0 Å². The highest BCUT2D eigenvalue weighted by Gasteiger charge is 2.14. The summed E-state index contributed by atoms with van der Waals surface area (Å²) in [6, 6.07) is 4.26. The molecule has 1 saturated heterocycles. The van der Waals surface area contributed by atoms with Gasteiger partial charge in [-0.2, -0.15) is 0 Å². The second-order valence-electron chi connectivity index (χ2n) is 5.35. The molecular weight excluding hydrogens is 259 g/mol. The van der Waals surface area contributed by atoms with Crippen LogP contribution in [0.3, 0.4) is 0 Å². The first-order valence-electron chi connectivity index (χ1n) is 7.07. The number of ether oxygens (including phenoxy) is 1. The van der Waals surface area contributed by atoms with Crippen molar-refractivity contribution in [2.75, 3.05) is 46.4 Å². The van der Waals surface area contributed by atoms with Gasteiger partial charge in [0.15, 0.2) is 0 Å². The fourth-order valence-corrected chi connectivity index (χ4v) is 2.33. The molecule has 1 aliphatic rings. The zero-order valence-corrected chi connectivity index (χ0v) is 12.2. The van der Waals surface area contributed by atoms with E-state index < -0.39 is 6.10 Å². The van der Waals surface area contributed by atoms with E-state index in [4.69, 9.17) is 4.74 Å². The van der Waals surface area contributed by atoms with Crippen molar-refractivity contribution in [3.8, 4) is 5.75 Å². The van der Waals surface area contributed by atoms with Crippen molar-refractivity contribution in [2.45, 2.75) is 13.0 Å². The summed E-state index contributed by atoms with van der Waals surface area (Å²) in [6.07, 6.45) is -0.658. The van der Waals surface area contributed by atoms with Gasteiger partial charge >= 0.3 is 0 Å². The van der Waals surface area contributed by atoms with Crippen LogP contribution < -0.4 is 4.74 Å². The van der Waals surface area contributed by atoms with Crippen molar-refractivity contribution < 1.29 is 14.2 Å². The van der Waals surface area contributed by atoms with Gasteiger partial charge in [0.25, 0.3) is 0 Å². The normalized spacial score (nSPS) is 19.0. The number of piperazine rings is 1. The Morgan fingerprint density at radius 3 is 2.65 bits per heavy atom. The van der Waals surface area contributed by atoms with Crippen molar-refractivity contribution in [2.24, 2.45) is 0 Å². The van der Waals surface area contributed by atoms with Crippen LogP contribution in [0.15, 0.2) is 18.2 Å². The highest BCUT2D eigenvalue weighted by atomic mass is 19.1. The Morgan fingerprint density at radius 1 is 1.30 bits per heavy atom. The molecule has 0 bridgehead atoms. The molecule has 0 saturated carbocycles. The molecule has 20 heavy (non-hydrogen) atoms. The average molecular weight is 282 g/mol. The summed E-state index contributed by atoms with van der Waals surface area (Å²) in [7, 11) is 2.12. The summed E-state index contributed by atoms with van der Waals surface area (Å²) in [6.45, 7) is 7.19. The second-order valence-corrected chi connectivity index (χ2v) is 5.35. The SMILES string of the molecule is C[C@@H](O)c1ccc(F)cc1OCCN1CCN(C)CC1. The maximum absolute atomic E-state index is 13.3. The van der Waals surface area contributed by atoms with E-state index in [1.807, 2.05) is 0 Å². The monoisotopic (exact) mass is 282 g/mol. The summed E-state index contributed by atoms with van der Waals surface area (Å²) in [5.41, 5.74) is 0.629. The standard InChI is InChI=1S/C15H23FN2O2/c1-12(19)14-4-3-13(16)11-15(14)20-10-9-18-7-5-17(2)6-8-18/h3-4,11-12,19H,5-10H2,1-2H3/t12-/m1/s1. The molecule has 0 amide bonds. The molecule has 0 aromatic heterocycles. The number of nitrogens with zero attached hydrogens (tertiary/aromatic N) is 2. The van der Waals surface area contributed by atoms with Crippen LogP contribution >= 0.6 is 0 Å². The van der Waals surface area contributed by atoms with Crippen LogP contribution in [-0.4, -0.2) is 61.3 Å². The topological polar surface area (TPSA) is 35.9 Å². The molecular formula is C15H23FN2O2. The third-order valence-corrected chi connectivity index (χ3v) is 3.69. The Labute approximate surface area is 119 Å². The molecule has 0 aliphatic carbocycles. The lowest BCUT2D eigenvalue weighted by atomic mass is 10.1. The van der Waals surface area contributed by atoms with Crippen LogP contribution in [0.1, 0.15) is 18.6 Å². The first-order valence-corrected chi connectivity index (χ1v) is 7.07. The summed E-state index contributed by atoms with van der Waals surface area (Å²) < 4.78 is 18.9. The van der Waals surface area contributed by atoms with Gasteiger partial charge in [0.05, 0.1) is 6.10 Å².